The summed E-state index contributed by atoms with van der Waals surface area (Å²) in [6.07, 6.45) is 5.27. The number of nitrogens with zero attached hydrogens (tertiary/aromatic N) is 6. The predicted octanol–water partition coefficient (Wildman–Crippen LogP) is 2.52. The fourth-order valence-electron chi connectivity index (χ4n) is 3.52. The molecule has 0 spiro atoms. The molecule has 3 heterocycles. The average molecular weight is 395 g/mol. The zero-order valence-electron chi connectivity index (χ0n) is 15.9. The smallest absolute Gasteiger partial charge is 0.322 e. The van der Waals surface area contributed by atoms with Crippen LogP contribution in [0.3, 0.4) is 0 Å². The van der Waals surface area contributed by atoms with E-state index in [-0.39, 0.29) is 12.1 Å². The lowest BCUT2D eigenvalue weighted by Crippen LogP contribution is -2.49. The van der Waals surface area contributed by atoms with Crippen LogP contribution >= 0.6 is 0 Å². The molecule has 1 aliphatic heterocycles. The van der Waals surface area contributed by atoms with Crippen molar-refractivity contribution in [2.45, 2.75) is 37.8 Å². The van der Waals surface area contributed by atoms with E-state index in [0.717, 1.165) is 24.4 Å². The van der Waals surface area contributed by atoms with Crippen LogP contribution in [-0.4, -0.2) is 55.3 Å². The first kappa shape index (κ1) is 17.8. The van der Waals surface area contributed by atoms with Crippen molar-refractivity contribution >= 4 is 11.7 Å². The van der Waals surface area contributed by atoms with E-state index in [1.54, 1.807) is 22.0 Å². The van der Waals surface area contributed by atoms with Gasteiger partial charge in [-0.2, -0.15) is 4.98 Å². The van der Waals surface area contributed by atoms with Crippen LogP contribution in [0.2, 0.25) is 0 Å². The number of carbonyl (C=O) groups excluding carboxylic acids is 1. The van der Waals surface area contributed by atoms with Crippen molar-refractivity contribution in [1.82, 2.24) is 30.0 Å². The van der Waals surface area contributed by atoms with E-state index in [0.29, 0.717) is 30.6 Å². The Balaban J connectivity index is 1.36. The summed E-state index contributed by atoms with van der Waals surface area (Å²) in [5.74, 6) is 1.53. The number of hydrogen-bond donors (Lipinski definition) is 1. The number of anilines is 1. The molecule has 3 aromatic rings. The van der Waals surface area contributed by atoms with Crippen LogP contribution in [-0.2, 0) is 4.74 Å². The Morgan fingerprint density at radius 2 is 2.21 bits per heavy atom. The Hall–Kier alpha value is -3.27. The maximum absolute atomic E-state index is 13.1. The molecule has 1 aromatic carbocycles. The minimum Gasteiger partial charge on any atom is -0.374 e. The summed E-state index contributed by atoms with van der Waals surface area (Å²) < 4.78 is 12.9. The summed E-state index contributed by atoms with van der Waals surface area (Å²) in [4.78, 5) is 19.3. The lowest BCUT2D eigenvalue weighted by Gasteiger charge is -2.37. The van der Waals surface area contributed by atoms with Crippen molar-refractivity contribution in [3.63, 3.8) is 0 Å². The topological polar surface area (TPSA) is 111 Å². The highest BCUT2D eigenvalue weighted by molar-refractivity contribution is 5.90. The normalized spacial score (nSPS) is 21.9. The predicted molar refractivity (Wildman–Crippen MR) is 102 cm³/mol. The third-order valence-electron chi connectivity index (χ3n) is 5.19. The number of ether oxygens (including phenoxy) is 1. The highest BCUT2D eigenvalue weighted by Gasteiger charge is 2.39. The number of morpholine rings is 1. The molecular weight excluding hydrogens is 374 g/mol. The number of amides is 2. The average Bonchev–Trinajstić information content (AvgIpc) is 3.23. The monoisotopic (exact) mass is 395 g/mol. The number of hydrogen-bond acceptors (Lipinski definition) is 7. The van der Waals surface area contributed by atoms with Gasteiger partial charge >= 0.3 is 6.03 Å². The highest BCUT2D eigenvalue weighted by atomic mass is 16.5. The summed E-state index contributed by atoms with van der Waals surface area (Å²) in [5.41, 5.74) is 1.46. The molecule has 5 rings (SSSR count). The maximum atomic E-state index is 13.1. The molecule has 2 fully saturated rings. The molecule has 0 radical (unpaired) electrons. The Morgan fingerprint density at radius 1 is 1.31 bits per heavy atom. The minimum atomic E-state index is -0.428. The first-order chi connectivity index (χ1) is 14.2. The molecule has 2 amide bonds. The van der Waals surface area contributed by atoms with Gasteiger partial charge in [0.05, 0.1) is 30.8 Å². The van der Waals surface area contributed by atoms with Crippen LogP contribution in [0.25, 0.3) is 5.69 Å². The van der Waals surface area contributed by atoms with Gasteiger partial charge in [0.15, 0.2) is 5.82 Å². The fraction of sp³-hybridized carbons (Fsp3) is 0.421. The van der Waals surface area contributed by atoms with Gasteiger partial charge in [0.2, 0.25) is 0 Å². The van der Waals surface area contributed by atoms with Crippen LogP contribution in [0, 0.1) is 0 Å². The number of rotatable bonds is 4. The summed E-state index contributed by atoms with van der Waals surface area (Å²) in [6.45, 7) is 2.80. The number of nitrogens with one attached hydrogen (secondary N) is 1. The summed E-state index contributed by atoms with van der Waals surface area (Å²) >= 11 is 0. The van der Waals surface area contributed by atoms with E-state index in [1.165, 1.54) is 0 Å². The first-order valence-electron chi connectivity index (χ1n) is 9.68. The standard InChI is InChI=1S/C19H21N7O3/c1-12-16(18-22-17(23-29-18)13-5-6-13)25(9-10-28-12)19(27)21-14-3-2-4-15(11-14)26-8-7-20-24-26/h2-4,7-8,11-13,16H,5-6,9-10H2,1H3,(H,21,27)/t12-,16+/m1/s1. The van der Waals surface area contributed by atoms with Crippen molar-refractivity contribution in [1.29, 1.82) is 0 Å². The van der Waals surface area contributed by atoms with Gasteiger partial charge in [0, 0.05) is 18.2 Å². The Morgan fingerprint density at radius 3 is 3.00 bits per heavy atom. The second-order valence-corrected chi connectivity index (χ2v) is 7.31. The third kappa shape index (κ3) is 3.58. The number of aromatic nitrogens is 5. The Kier molecular flexibility index (Phi) is 4.47. The molecule has 2 atom stereocenters. The van der Waals surface area contributed by atoms with Crippen LogP contribution in [0.15, 0.2) is 41.2 Å². The summed E-state index contributed by atoms with van der Waals surface area (Å²) in [6, 6.07) is 6.74. The number of carbonyl (C=O) groups is 1. The molecule has 0 bridgehead atoms. The minimum absolute atomic E-state index is 0.243. The van der Waals surface area contributed by atoms with Gasteiger partial charge in [-0.1, -0.05) is 16.4 Å². The third-order valence-corrected chi connectivity index (χ3v) is 5.19. The van der Waals surface area contributed by atoms with Crippen LogP contribution in [0.4, 0.5) is 10.5 Å². The lowest BCUT2D eigenvalue weighted by molar-refractivity contribution is -0.0525. The van der Waals surface area contributed by atoms with Crippen LogP contribution in [0.5, 0.6) is 0 Å². The van der Waals surface area contributed by atoms with Crippen molar-refractivity contribution in [2.24, 2.45) is 0 Å². The lowest BCUT2D eigenvalue weighted by atomic mass is 10.1. The second-order valence-electron chi connectivity index (χ2n) is 7.31. The van der Waals surface area contributed by atoms with E-state index < -0.39 is 6.04 Å². The molecule has 1 saturated heterocycles. The van der Waals surface area contributed by atoms with E-state index in [1.807, 2.05) is 31.2 Å². The van der Waals surface area contributed by atoms with E-state index in [4.69, 9.17) is 9.26 Å². The van der Waals surface area contributed by atoms with Gasteiger partial charge in [-0.25, -0.2) is 9.48 Å². The maximum Gasteiger partial charge on any atom is 0.322 e. The molecule has 10 heteroatoms. The molecule has 1 aliphatic carbocycles. The molecule has 10 nitrogen and oxygen atoms in total. The van der Waals surface area contributed by atoms with Gasteiger partial charge in [-0.3, -0.25) is 0 Å². The number of benzene rings is 1. The molecule has 2 aliphatic rings. The van der Waals surface area contributed by atoms with Gasteiger partial charge in [-0.15, -0.1) is 5.10 Å². The van der Waals surface area contributed by atoms with Crippen molar-refractivity contribution in [3.8, 4) is 5.69 Å². The fourth-order valence-corrected chi connectivity index (χ4v) is 3.52. The Labute approximate surface area is 166 Å². The molecule has 2 aromatic heterocycles. The molecular formula is C19H21N7O3. The van der Waals surface area contributed by atoms with Crippen molar-refractivity contribution < 1.29 is 14.1 Å². The van der Waals surface area contributed by atoms with Crippen LogP contribution in [0.1, 0.15) is 43.4 Å². The zero-order chi connectivity index (χ0) is 19.8. The SMILES string of the molecule is C[C@H]1OCCN(C(=O)Nc2cccc(-n3ccnn3)c2)[C@@H]1c1nc(C2CC2)no1. The van der Waals surface area contributed by atoms with Gasteiger partial charge in [0.1, 0.15) is 6.04 Å². The van der Waals surface area contributed by atoms with E-state index in [9.17, 15) is 4.79 Å². The number of urea groups is 1. The molecule has 29 heavy (non-hydrogen) atoms. The van der Waals surface area contributed by atoms with Gasteiger partial charge in [-0.05, 0) is 38.0 Å². The quantitative estimate of drug-likeness (QED) is 0.722. The van der Waals surface area contributed by atoms with Crippen molar-refractivity contribution in [2.75, 3.05) is 18.5 Å². The largest absolute Gasteiger partial charge is 0.374 e. The molecule has 150 valence electrons. The molecule has 0 unspecified atom stereocenters. The highest BCUT2D eigenvalue weighted by Crippen LogP contribution is 2.39. The molecule has 1 saturated carbocycles. The van der Waals surface area contributed by atoms with Gasteiger partial charge < -0.3 is 19.5 Å². The van der Waals surface area contributed by atoms with Crippen molar-refractivity contribution in [3.05, 3.63) is 48.4 Å². The molecule has 1 N–H and O–H groups in total. The first-order valence-corrected chi connectivity index (χ1v) is 9.68. The zero-order valence-corrected chi connectivity index (χ0v) is 15.9. The second kappa shape index (κ2) is 7.28. The van der Waals surface area contributed by atoms with Gasteiger partial charge in [0.25, 0.3) is 5.89 Å². The van der Waals surface area contributed by atoms with E-state index in [2.05, 4.69) is 25.8 Å². The summed E-state index contributed by atoms with van der Waals surface area (Å²) in [5, 5.41) is 14.8. The Bertz CT molecular complexity index is 999. The summed E-state index contributed by atoms with van der Waals surface area (Å²) in [7, 11) is 0. The van der Waals surface area contributed by atoms with E-state index >= 15 is 0 Å². The van der Waals surface area contributed by atoms with Crippen LogP contribution < -0.4 is 5.32 Å².